The van der Waals surface area contributed by atoms with Gasteiger partial charge in [0.2, 0.25) is 0 Å². The molecule has 0 bridgehead atoms. The molecule has 3 rings (SSSR count). The molecule has 1 atom stereocenters. The number of ether oxygens (including phenoxy) is 1. The predicted molar refractivity (Wildman–Crippen MR) is 84.2 cm³/mol. The van der Waals surface area contributed by atoms with Crippen LogP contribution in [0.25, 0.3) is 0 Å². The van der Waals surface area contributed by atoms with Crippen LogP contribution in [0.4, 0.5) is 0 Å². The molecule has 1 fully saturated rings. The molecule has 4 nitrogen and oxygen atoms in total. The number of rotatable bonds is 4. The fourth-order valence-electron chi connectivity index (χ4n) is 3.07. The number of furan rings is 1. The Morgan fingerprint density at radius 2 is 2.09 bits per heavy atom. The number of amides is 1. The van der Waals surface area contributed by atoms with Crippen molar-refractivity contribution < 1.29 is 13.9 Å². The third kappa shape index (κ3) is 2.86. The van der Waals surface area contributed by atoms with Crippen molar-refractivity contribution in [2.24, 2.45) is 0 Å². The number of carbonyl (C=O) groups excluding carboxylic acids is 1. The lowest BCUT2D eigenvalue weighted by Gasteiger charge is -2.24. The number of hydrogen-bond acceptors (Lipinski definition) is 3. The Morgan fingerprint density at radius 1 is 1.32 bits per heavy atom. The van der Waals surface area contributed by atoms with Gasteiger partial charge in [0.05, 0.1) is 13.4 Å². The molecule has 1 saturated heterocycles. The van der Waals surface area contributed by atoms with Crippen LogP contribution in [-0.4, -0.2) is 30.5 Å². The Kier molecular flexibility index (Phi) is 4.18. The van der Waals surface area contributed by atoms with Crippen LogP contribution in [0.3, 0.4) is 0 Å². The van der Waals surface area contributed by atoms with E-state index in [1.165, 1.54) is 5.56 Å². The number of methoxy groups -OCH3 is 1. The summed E-state index contributed by atoms with van der Waals surface area (Å²) in [6.45, 7) is 2.71. The molecule has 1 aliphatic rings. The van der Waals surface area contributed by atoms with Crippen molar-refractivity contribution in [3.8, 4) is 5.75 Å². The molecule has 1 aromatic carbocycles. The molecule has 2 heterocycles. The maximum atomic E-state index is 12.6. The molecular weight excluding hydrogens is 278 g/mol. The van der Waals surface area contributed by atoms with Crippen LogP contribution in [-0.2, 0) is 6.42 Å². The third-order valence-electron chi connectivity index (χ3n) is 4.32. The number of benzene rings is 1. The quantitative estimate of drug-likeness (QED) is 0.868. The first-order valence-electron chi connectivity index (χ1n) is 7.67. The number of aryl methyl sites for hydroxylation is 1. The minimum atomic E-state index is 0.0125. The Morgan fingerprint density at radius 3 is 2.73 bits per heavy atom. The van der Waals surface area contributed by atoms with Gasteiger partial charge in [-0.25, -0.2) is 0 Å². The van der Waals surface area contributed by atoms with Crippen LogP contribution in [0.1, 0.15) is 34.5 Å². The minimum absolute atomic E-state index is 0.0125. The average molecular weight is 299 g/mol. The van der Waals surface area contributed by atoms with E-state index in [-0.39, 0.29) is 11.9 Å². The summed E-state index contributed by atoms with van der Waals surface area (Å²) in [5, 5.41) is 0. The van der Waals surface area contributed by atoms with Crippen molar-refractivity contribution in [3.63, 3.8) is 0 Å². The highest BCUT2D eigenvalue weighted by Crippen LogP contribution is 2.25. The summed E-state index contributed by atoms with van der Waals surface area (Å²) in [5.41, 5.74) is 2.13. The number of hydrogen-bond donors (Lipinski definition) is 0. The molecule has 22 heavy (non-hydrogen) atoms. The Labute approximate surface area is 130 Å². The van der Waals surface area contributed by atoms with Crippen molar-refractivity contribution in [1.82, 2.24) is 4.90 Å². The van der Waals surface area contributed by atoms with Crippen molar-refractivity contribution in [3.05, 3.63) is 53.5 Å². The van der Waals surface area contributed by atoms with E-state index in [1.807, 2.05) is 30.0 Å². The van der Waals surface area contributed by atoms with Gasteiger partial charge in [0.25, 0.3) is 5.91 Å². The lowest BCUT2D eigenvalue weighted by molar-refractivity contribution is 0.0703. The van der Waals surface area contributed by atoms with Gasteiger partial charge in [-0.15, -0.1) is 0 Å². The summed E-state index contributed by atoms with van der Waals surface area (Å²) in [4.78, 5) is 14.6. The summed E-state index contributed by atoms with van der Waals surface area (Å²) in [7, 11) is 1.66. The van der Waals surface area contributed by atoms with E-state index in [0.717, 1.165) is 37.1 Å². The molecular formula is C18H21NO3. The van der Waals surface area contributed by atoms with Crippen LogP contribution in [0, 0.1) is 6.92 Å². The van der Waals surface area contributed by atoms with E-state index in [1.54, 1.807) is 13.4 Å². The molecule has 0 unspecified atom stereocenters. The molecule has 1 aromatic heterocycles. The molecule has 0 spiro atoms. The monoisotopic (exact) mass is 299 g/mol. The van der Waals surface area contributed by atoms with Crippen LogP contribution < -0.4 is 4.74 Å². The normalized spacial score (nSPS) is 17.7. The maximum absolute atomic E-state index is 12.6. The molecule has 2 aromatic rings. The second-order valence-electron chi connectivity index (χ2n) is 5.78. The van der Waals surface area contributed by atoms with Gasteiger partial charge in [0.15, 0.2) is 5.76 Å². The number of nitrogens with zero attached hydrogens (tertiary/aromatic N) is 1. The van der Waals surface area contributed by atoms with E-state index in [2.05, 4.69) is 12.1 Å². The number of likely N-dealkylation sites (tertiary alicyclic amines) is 1. The summed E-state index contributed by atoms with van der Waals surface area (Å²) in [5.74, 6) is 1.34. The average Bonchev–Trinajstić information content (AvgIpc) is 3.16. The Bertz CT molecular complexity index is 645. The molecule has 0 aliphatic carbocycles. The van der Waals surface area contributed by atoms with Gasteiger partial charge >= 0.3 is 0 Å². The summed E-state index contributed by atoms with van der Waals surface area (Å²) in [6, 6.07) is 10.1. The predicted octanol–water partition coefficient (Wildman–Crippen LogP) is 3.44. The van der Waals surface area contributed by atoms with Gasteiger partial charge in [0, 0.05) is 18.2 Å². The fourth-order valence-corrected chi connectivity index (χ4v) is 3.07. The van der Waals surface area contributed by atoms with E-state index in [9.17, 15) is 4.79 Å². The van der Waals surface area contributed by atoms with Gasteiger partial charge in [-0.2, -0.15) is 0 Å². The summed E-state index contributed by atoms with van der Waals surface area (Å²) >= 11 is 0. The maximum Gasteiger partial charge on any atom is 0.290 e. The molecule has 4 heteroatoms. The van der Waals surface area contributed by atoms with Gasteiger partial charge in [0.1, 0.15) is 5.75 Å². The van der Waals surface area contributed by atoms with Crippen LogP contribution in [0.2, 0.25) is 0 Å². The lowest BCUT2D eigenvalue weighted by Crippen LogP contribution is -2.36. The smallest absolute Gasteiger partial charge is 0.290 e. The lowest BCUT2D eigenvalue weighted by atomic mass is 10.0. The van der Waals surface area contributed by atoms with E-state index in [0.29, 0.717) is 5.76 Å². The standard InChI is InChI=1S/C18H21NO3/c1-13-9-11-22-17(13)18(20)19-10-3-4-15(19)12-14-5-7-16(21-2)8-6-14/h5-9,11,15H,3-4,10,12H2,1-2H3/t15-/m1/s1. The molecule has 0 N–H and O–H groups in total. The van der Waals surface area contributed by atoms with Gasteiger partial charge < -0.3 is 14.1 Å². The molecule has 1 aliphatic heterocycles. The molecule has 0 saturated carbocycles. The SMILES string of the molecule is COc1ccc(C[C@H]2CCCN2C(=O)c2occc2C)cc1. The van der Waals surface area contributed by atoms with E-state index in [4.69, 9.17) is 9.15 Å². The minimum Gasteiger partial charge on any atom is -0.497 e. The molecule has 1 amide bonds. The second kappa shape index (κ2) is 6.26. The zero-order valence-corrected chi connectivity index (χ0v) is 13.0. The van der Waals surface area contributed by atoms with E-state index < -0.39 is 0 Å². The fraction of sp³-hybridized carbons (Fsp3) is 0.389. The molecule has 0 radical (unpaired) electrons. The Hall–Kier alpha value is -2.23. The first kappa shape index (κ1) is 14.7. The highest BCUT2D eigenvalue weighted by atomic mass is 16.5. The molecule has 116 valence electrons. The third-order valence-corrected chi connectivity index (χ3v) is 4.32. The van der Waals surface area contributed by atoms with Crippen LogP contribution >= 0.6 is 0 Å². The first-order chi connectivity index (χ1) is 10.7. The van der Waals surface area contributed by atoms with Crippen molar-refractivity contribution in [2.75, 3.05) is 13.7 Å². The topological polar surface area (TPSA) is 42.7 Å². The summed E-state index contributed by atoms with van der Waals surface area (Å²) in [6.07, 6.45) is 4.54. The van der Waals surface area contributed by atoms with E-state index >= 15 is 0 Å². The first-order valence-corrected chi connectivity index (χ1v) is 7.67. The highest BCUT2D eigenvalue weighted by molar-refractivity contribution is 5.93. The van der Waals surface area contributed by atoms with Gasteiger partial charge in [-0.1, -0.05) is 12.1 Å². The number of carbonyl (C=O) groups is 1. The second-order valence-corrected chi connectivity index (χ2v) is 5.78. The van der Waals surface area contributed by atoms with Crippen molar-refractivity contribution in [2.45, 2.75) is 32.2 Å². The van der Waals surface area contributed by atoms with Crippen LogP contribution in [0.5, 0.6) is 5.75 Å². The van der Waals surface area contributed by atoms with Crippen LogP contribution in [0.15, 0.2) is 41.0 Å². The van der Waals surface area contributed by atoms with Crippen molar-refractivity contribution in [1.29, 1.82) is 0 Å². The Balaban J connectivity index is 1.72. The zero-order chi connectivity index (χ0) is 15.5. The van der Waals surface area contributed by atoms with Gasteiger partial charge in [-0.05, 0) is 49.9 Å². The largest absolute Gasteiger partial charge is 0.497 e. The van der Waals surface area contributed by atoms with Gasteiger partial charge in [-0.3, -0.25) is 4.79 Å². The van der Waals surface area contributed by atoms with Crippen molar-refractivity contribution >= 4 is 5.91 Å². The summed E-state index contributed by atoms with van der Waals surface area (Å²) < 4.78 is 10.5. The highest BCUT2D eigenvalue weighted by Gasteiger charge is 2.31. The zero-order valence-electron chi connectivity index (χ0n) is 13.0.